The van der Waals surface area contributed by atoms with E-state index in [1.54, 1.807) is 18.2 Å². The van der Waals surface area contributed by atoms with Crippen LogP contribution in [0.15, 0.2) is 41.3 Å². The number of anilines is 1. The third kappa shape index (κ3) is 4.18. The number of rotatable bonds is 5. The van der Waals surface area contributed by atoms with Crippen LogP contribution in [-0.4, -0.2) is 29.8 Å². The summed E-state index contributed by atoms with van der Waals surface area (Å²) in [6.07, 6.45) is 0. The van der Waals surface area contributed by atoms with E-state index in [-0.39, 0.29) is 17.1 Å². The van der Waals surface area contributed by atoms with Gasteiger partial charge in [0.1, 0.15) is 19.0 Å². The number of fused-ring (bicyclic) bond motifs is 1. The summed E-state index contributed by atoms with van der Waals surface area (Å²) in [5, 5.41) is 13.1. The molecule has 2 aromatic carbocycles. The Morgan fingerprint density at radius 1 is 1.20 bits per heavy atom. The first-order chi connectivity index (χ1) is 12.0. The van der Waals surface area contributed by atoms with Crippen LogP contribution < -0.4 is 14.8 Å². The highest BCUT2D eigenvalue weighted by atomic mass is 32.2. The van der Waals surface area contributed by atoms with Gasteiger partial charge in [-0.1, -0.05) is 0 Å². The predicted octanol–water partition coefficient (Wildman–Crippen LogP) is 3.24. The van der Waals surface area contributed by atoms with Gasteiger partial charge in [-0.25, -0.2) is 4.39 Å². The van der Waals surface area contributed by atoms with E-state index in [1.807, 2.05) is 0 Å². The summed E-state index contributed by atoms with van der Waals surface area (Å²) in [6, 6.07) is 8.29. The molecule has 1 N–H and O–H groups in total. The van der Waals surface area contributed by atoms with Crippen molar-refractivity contribution in [1.29, 1.82) is 0 Å². The third-order valence-corrected chi connectivity index (χ3v) is 4.31. The zero-order chi connectivity index (χ0) is 17.8. The minimum atomic E-state index is -0.733. The number of benzene rings is 2. The molecule has 0 spiro atoms. The van der Waals surface area contributed by atoms with Crippen LogP contribution in [0.1, 0.15) is 0 Å². The van der Waals surface area contributed by atoms with Crippen LogP contribution in [0.3, 0.4) is 0 Å². The number of carbonyl (C=O) groups excluding carboxylic acids is 1. The van der Waals surface area contributed by atoms with Gasteiger partial charge in [0.25, 0.3) is 5.69 Å². The predicted molar refractivity (Wildman–Crippen MR) is 89.8 cm³/mol. The van der Waals surface area contributed by atoms with Crippen LogP contribution in [0.5, 0.6) is 11.5 Å². The maximum Gasteiger partial charge on any atom is 0.271 e. The number of nitro groups is 1. The molecule has 1 aliphatic heterocycles. The second-order valence-corrected chi connectivity index (χ2v) is 6.11. The molecule has 0 fully saturated rings. The van der Waals surface area contributed by atoms with Crippen molar-refractivity contribution in [2.24, 2.45) is 0 Å². The van der Waals surface area contributed by atoms with E-state index in [4.69, 9.17) is 9.47 Å². The first-order valence-electron chi connectivity index (χ1n) is 7.29. The lowest BCUT2D eigenvalue weighted by Crippen LogP contribution is -2.16. The smallest absolute Gasteiger partial charge is 0.271 e. The van der Waals surface area contributed by atoms with Gasteiger partial charge >= 0.3 is 0 Å². The Morgan fingerprint density at radius 2 is 1.96 bits per heavy atom. The standard InChI is InChI=1S/C16H13FN2O5S/c17-12-3-1-10(19(21)22)7-13(12)18-16(20)9-25-11-2-4-14-15(8-11)24-6-5-23-14/h1-4,7-8H,5-6,9H2,(H,18,20). The molecule has 3 rings (SSSR count). The van der Waals surface area contributed by atoms with Crippen LogP contribution in [0, 0.1) is 15.9 Å². The van der Waals surface area contributed by atoms with Crippen molar-refractivity contribution >= 4 is 29.0 Å². The summed E-state index contributed by atoms with van der Waals surface area (Å²) in [7, 11) is 0. The van der Waals surface area contributed by atoms with Crippen molar-refractivity contribution in [2.75, 3.05) is 24.3 Å². The lowest BCUT2D eigenvalue weighted by molar-refractivity contribution is -0.384. The highest BCUT2D eigenvalue weighted by Crippen LogP contribution is 2.34. The van der Waals surface area contributed by atoms with Crippen LogP contribution in [0.4, 0.5) is 15.8 Å². The van der Waals surface area contributed by atoms with Gasteiger partial charge in [-0.2, -0.15) is 0 Å². The zero-order valence-electron chi connectivity index (χ0n) is 12.9. The summed E-state index contributed by atoms with van der Waals surface area (Å²) in [6.45, 7) is 0.963. The molecule has 1 amide bonds. The molecule has 0 unspecified atom stereocenters. The van der Waals surface area contributed by atoms with Gasteiger partial charge in [-0.3, -0.25) is 14.9 Å². The molecule has 130 valence electrons. The molecular weight excluding hydrogens is 351 g/mol. The number of nitrogens with zero attached hydrogens (tertiary/aromatic N) is 1. The number of hydrogen-bond acceptors (Lipinski definition) is 6. The average Bonchev–Trinajstić information content (AvgIpc) is 2.61. The first-order valence-corrected chi connectivity index (χ1v) is 8.28. The van der Waals surface area contributed by atoms with Crippen molar-refractivity contribution in [3.05, 3.63) is 52.3 Å². The highest BCUT2D eigenvalue weighted by molar-refractivity contribution is 8.00. The maximum absolute atomic E-state index is 13.7. The van der Waals surface area contributed by atoms with Gasteiger partial charge in [0.15, 0.2) is 11.5 Å². The minimum Gasteiger partial charge on any atom is -0.486 e. The molecule has 25 heavy (non-hydrogen) atoms. The van der Waals surface area contributed by atoms with Crippen molar-refractivity contribution in [3.8, 4) is 11.5 Å². The van der Waals surface area contributed by atoms with Gasteiger partial charge in [-0.15, -0.1) is 11.8 Å². The molecule has 0 aromatic heterocycles. The molecule has 0 atom stereocenters. The zero-order valence-corrected chi connectivity index (χ0v) is 13.7. The molecule has 0 saturated heterocycles. The van der Waals surface area contributed by atoms with E-state index in [1.165, 1.54) is 11.8 Å². The second kappa shape index (κ2) is 7.39. The van der Waals surface area contributed by atoms with E-state index >= 15 is 0 Å². The van der Waals surface area contributed by atoms with E-state index in [0.29, 0.717) is 24.7 Å². The minimum absolute atomic E-state index is 0.0157. The van der Waals surface area contributed by atoms with Crippen molar-refractivity contribution in [1.82, 2.24) is 0 Å². The Hall–Kier alpha value is -2.81. The average molecular weight is 364 g/mol. The molecule has 9 heteroatoms. The molecule has 7 nitrogen and oxygen atoms in total. The summed E-state index contributed by atoms with van der Waals surface area (Å²) >= 11 is 1.23. The van der Waals surface area contributed by atoms with E-state index < -0.39 is 16.6 Å². The fraction of sp³-hybridized carbons (Fsp3) is 0.188. The normalized spacial score (nSPS) is 12.5. The van der Waals surface area contributed by atoms with Crippen LogP contribution in [0.25, 0.3) is 0 Å². The molecule has 0 radical (unpaired) electrons. The molecule has 0 aliphatic carbocycles. The molecular formula is C16H13FN2O5S. The number of nitrogens with one attached hydrogen (secondary N) is 1. The van der Waals surface area contributed by atoms with Crippen LogP contribution in [0.2, 0.25) is 0 Å². The molecule has 1 heterocycles. The van der Waals surface area contributed by atoms with Crippen molar-refractivity contribution in [3.63, 3.8) is 0 Å². The van der Waals surface area contributed by atoms with Gasteiger partial charge < -0.3 is 14.8 Å². The van der Waals surface area contributed by atoms with Crippen molar-refractivity contribution < 1.29 is 23.6 Å². The quantitative estimate of drug-likeness (QED) is 0.498. The van der Waals surface area contributed by atoms with Crippen molar-refractivity contribution in [2.45, 2.75) is 4.90 Å². The Bertz CT molecular complexity index is 830. The third-order valence-electron chi connectivity index (χ3n) is 3.32. The van der Waals surface area contributed by atoms with E-state index in [0.717, 1.165) is 23.1 Å². The van der Waals surface area contributed by atoms with Gasteiger partial charge in [0, 0.05) is 17.0 Å². The SMILES string of the molecule is O=C(CSc1ccc2c(c1)OCCO2)Nc1cc([N+](=O)[O-])ccc1F. The topological polar surface area (TPSA) is 90.7 Å². The first kappa shape index (κ1) is 17.0. The van der Waals surface area contributed by atoms with Gasteiger partial charge in [0.2, 0.25) is 5.91 Å². The highest BCUT2D eigenvalue weighted by Gasteiger charge is 2.15. The van der Waals surface area contributed by atoms with E-state index in [2.05, 4.69) is 5.32 Å². The summed E-state index contributed by atoms with van der Waals surface area (Å²) in [5.74, 6) is 0.0737. The number of nitro benzene ring substituents is 1. The van der Waals surface area contributed by atoms with Gasteiger partial charge in [-0.05, 0) is 24.3 Å². The number of hydrogen-bond donors (Lipinski definition) is 1. The summed E-state index contributed by atoms with van der Waals surface area (Å²) < 4.78 is 24.6. The maximum atomic E-state index is 13.7. The molecule has 2 aromatic rings. The van der Waals surface area contributed by atoms with Crippen LogP contribution in [-0.2, 0) is 4.79 Å². The number of amides is 1. The fourth-order valence-electron chi connectivity index (χ4n) is 2.17. The number of carbonyl (C=O) groups is 1. The Balaban J connectivity index is 1.62. The molecule has 1 aliphatic rings. The second-order valence-electron chi connectivity index (χ2n) is 5.06. The number of non-ortho nitro benzene ring substituents is 1. The summed E-state index contributed by atoms with van der Waals surface area (Å²) in [4.78, 5) is 22.8. The van der Waals surface area contributed by atoms with Crippen LogP contribution >= 0.6 is 11.8 Å². The lowest BCUT2D eigenvalue weighted by atomic mass is 10.2. The lowest BCUT2D eigenvalue weighted by Gasteiger charge is -2.18. The summed E-state index contributed by atoms with van der Waals surface area (Å²) in [5.41, 5.74) is -0.516. The van der Waals surface area contributed by atoms with Gasteiger partial charge in [0.05, 0.1) is 16.4 Å². The Labute approximate surface area is 146 Å². The number of thioether (sulfide) groups is 1. The number of ether oxygens (including phenoxy) is 2. The monoisotopic (exact) mass is 364 g/mol. The number of halogens is 1. The Morgan fingerprint density at radius 3 is 2.72 bits per heavy atom. The van der Waals surface area contributed by atoms with E-state index in [9.17, 15) is 19.3 Å². The fourth-order valence-corrected chi connectivity index (χ4v) is 2.90. The molecule has 0 saturated carbocycles. The largest absolute Gasteiger partial charge is 0.486 e. The molecule has 0 bridgehead atoms. The Kier molecular flexibility index (Phi) is 5.03.